The van der Waals surface area contributed by atoms with Crippen LogP contribution in [0.15, 0.2) is 18.2 Å². The van der Waals surface area contributed by atoms with E-state index in [0.29, 0.717) is 6.79 Å². The molecule has 5 heteroatoms. The van der Waals surface area contributed by atoms with Crippen LogP contribution < -0.4 is 15.2 Å². The molecule has 2 heterocycles. The van der Waals surface area contributed by atoms with Gasteiger partial charge in [-0.05, 0) is 24.6 Å². The van der Waals surface area contributed by atoms with Crippen molar-refractivity contribution < 1.29 is 14.2 Å². The molecule has 5 nitrogen and oxygen atoms in total. The Kier molecular flexibility index (Phi) is 3.59. The van der Waals surface area contributed by atoms with Crippen LogP contribution in [0.3, 0.4) is 0 Å². The van der Waals surface area contributed by atoms with E-state index >= 15 is 0 Å². The van der Waals surface area contributed by atoms with Crippen LogP contribution in [-0.4, -0.2) is 44.0 Å². The smallest absolute Gasteiger partial charge is 0.231 e. The van der Waals surface area contributed by atoms with Crippen molar-refractivity contribution in [3.8, 4) is 11.5 Å². The van der Waals surface area contributed by atoms with E-state index in [1.807, 2.05) is 19.1 Å². The fraction of sp³-hybridized carbons (Fsp3) is 0.571. The van der Waals surface area contributed by atoms with Gasteiger partial charge in [-0.2, -0.15) is 0 Å². The molecular formula is C14H20N2O3. The van der Waals surface area contributed by atoms with Crippen molar-refractivity contribution in [2.75, 3.05) is 33.1 Å². The van der Waals surface area contributed by atoms with Crippen molar-refractivity contribution in [3.05, 3.63) is 23.8 Å². The van der Waals surface area contributed by atoms with Gasteiger partial charge in [0.1, 0.15) is 0 Å². The Morgan fingerprint density at radius 2 is 1.89 bits per heavy atom. The Morgan fingerprint density at radius 3 is 2.63 bits per heavy atom. The number of morpholine rings is 1. The number of ether oxygens (including phenoxy) is 3. The zero-order chi connectivity index (χ0) is 13.2. The third kappa shape index (κ3) is 2.54. The van der Waals surface area contributed by atoms with Crippen LogP contribution in [0.4, 0.5) is 0 Å². The Morgan fingerprint density at radius 1 is 1.16 bits per heavy atom. The zero-order valence-electron chi connectivity index (χ0n) is 11.2. The Labute approximate surface area is 113 Å². The lowest BCUT2D eigenvalue weighted by atomic mass is 9.98. The highest BCUT2D eigenvalue weighted by Crippen LogP contribution is 2.36. The molecule has 2 N–H and O–H groups in total. The lowest BCUT2D eigenvalue weighted by molar-refractivity contribution is 0.0116. The minimum absolute atomic E-state index is 0.0541. The minimum atomic E-state index is 0.0541. The number of fused-ring (bicyclic) bond motifs is 1. The SMILES string of the molecule is CC(N)C(c1ccc2c(c1)OCO2)N1CCOCC1. The van der Waals surface area contributed by atoms with Gasteiger partial charge in [0.05, 0.1) is 13.2 Å². The molecule has 0 spiro atoms. The van der Waals surface area contributed by atoms with Crippen molar-refractivity contribution >= 4 is 0 Å². The second-order valence-corrected chi connectivity index (χ2v) is 5.06. The van der Waals surface area contributed by atoms with E-state index in [1.165, 1.54) is 5.56 Å². The maximum Gasteiger partial charge on any atom is 0.231 e. The topological polar surface area (TPSA) is 57.0 Å². The number of hydrogen-bond acceptors (Lipinski definition) is 5. The van der Waals surface area contributed by atoms with Gasteiger partial charge in [0.15, 0.2) is 11.5 Å². The summed E-state index contributed by atoms with van der Waals surface area (Å²) >= 11 is 0. The monoisotopic (exact) mass is 264 g/mol. The Balaban J connectivity index is 1.87. The number of nitrogens with zero attached hydrogens (tertiary/aromatic N) is 1. The Bertz CT molecular complexity index is 444. The quantitative estimate of drug-likeness (QED) is 0.887. The molecular weight excluding hydrogens is 244 g/mol. The average molecular weight is 264 g/mol. The molecule has 0 aromatic heterocycles. The largest absolute Gasteiger partial charge is 0.454 e. The fourth-order valence-corrected chi connectivity index (χ4v) is 2.80. The molecule has 0 saturated carbocycles. The van der Waals surface area contributed by atoms with Crippen molar-refractivity contribution in [2.24, 2.45) is 5.73 Å². The molecule has 19 heavy (non-hydrogen) atoms. The highest BCUT2D eigenvalue weighted by molar-refractivity contribution is 5.45. The summed E-state index contributed by atoms with van der Waals surface area (Å²) < 4.78 is 16.2. The molecule has 2 aliphatic heterocycles. The van der Waals surface area contributed by atoms with Gasteiger partial charge in [-0.3, -0.25) is 4.90 Å². The van der Waals surface area contributed by atoms with E-state index in [2.05, 4.69) is 11.0 Å². The van der Waals surface area contributed by atoms with Gasteiger partial charge < -0.3 is 19.9 Å². The second kappa shape index (κ2) is 5.36. The molecule has 2 aliphatic rings. The number of hydrogen-bond donors (Lipinski definition) is 1. The fourth-order valence-electron chi connectivity index (χ4n) is 2.80. The highest BCUT2D eigenvalue weighted by atomic mass is 16.7. The first-order valence-electron chi connectivity index (χ1n) is 6.72. The predicted molar refractivity (Wildman–Crippen MR) is 71.3 cm³/mol. The molecule has 0 radical (unpaired) electrons. The van der Waals surface area contributed by atoms with Crippen molar-refractivity contribution in [1.82, 2.24) is 4.90 Å². The first-order chi connectivity index (χ1) is 9.25. The van der Waals surface area contributed by atoms with Crippen LogP contribution in [0.1, 0.15) is 18.5 Å². The molecule has 3 rings (SSSR count). The zero-order valence-corrected chi connectivity index (χ0v) is 11.2. The highest BCUT2D eigenvalue weighted by Gasteiger charge is 2.27. The molecule has 1 fully saturated rings. The van der Waals surface area contributed by atoms with Crippen molar-refractivity contribution in [3.63, 3.8) is 0 Å². The summed E-state index contributed by atoms with van der Waals surface area (Å²) in [5.41, 5.74) is 7.37. The molecule has 0 bridgehead atoms. The van der Waals surface area contributed by atoms with E-state index in [-0.39, 0.29) is 12.1 Å². The number of nitrogens with two attached hydrogens (primary N) is 1. The van der Waals surface area contributed by atoms with Crippen molar-refractivity contribution in [1.29, 1.82) is 0 Å². The molecule has 2 atom stereocenters. The van der Waals surface area contributed by atoms with Gasteiger partial charge in [0.25, 0.3) is 0 Å². The van der Waals surface area contributed by atoms with Gasteiger partial charge >= 0.3 is 0 Å². The summed E-state index contributed by atoms with van der Waals surface area (Å²) in [5.74, 6) is 1.63. The van der Waals surface area contributed by atoms with E-state index in [0.717, 1.165) is 37.8 Å². The van der Waals surface area contributed by atoms with Crippen LogP contribution in [0.25, 0.3) is 0 Å². The molecule has 1 aromatic carbocycles. The van der Waals surface area contributed by atoms with Gasteiger partial charge in [-0.15, -0.1) is 0 Å². The summed E-state index contributed by atoms with van der Waals surface area (Å²) in [6.45, 7) is 5.73. The minimum Gasteiger partial charge on any atom is -0.454 e. The molecule has 0 aliphatic carbocycles. The Hall–Kier alpha value is -1.30. The lowest BCUT2D eigenvalue weighted by Gasteiger charge is -2.37. The standard InChI is InChI=1S/C14H20N2O3/c1-10(15)14(16-4-6-17-7-5-16)11-2-3-12-13(8-11)19-9-18-12/h2-3,8,10,14H,4-7,9,15H2,1H3. The summed E-state index contributed by atoms with van der Waals surface area (Å²) in [6, 6.07) is 6.34. The van der Waals surface area contributed by atoms with E-state index in [4.69, 9.17) is 19.9 Å². The predicted octanol–water partition coefficient (Wildman–Crippen LogP) is 1.14. The molecule has 1 saturated heterocycles. The average Bonchev–Trinajstić information content (AvgIpc) is 2.87. The third-order valence-electron chi connectivity index (χ3n) is 3.68. The van der Waals surface area contributed by atoms with Crippen LogP contribution in [0.5, 0.6) is 11.5 Å². The van der Waals surface area contributed by atoms with Crippen LogP contribution in [-0.2, 0) is 4.74 Å². The first-order valence-corrected chi connectivity index (χ1v) is 6.72. The second-order valence-electron chi connectivity index (χ2n) is 5.06. The lowest BCUT2D eigenvalue weighted by Crippen LogP contribution is -2.45. The maximum atomic E-state index is 6.19. The van der Waals surface area contributed by atoms with E-state index < -0.39 is 0 Å². The van der Waals surface area contributed by atoms with E-state index in [1.54, 1.807) is 0 Å². The van der Waals surface area contributed by atoms with Gasteiger partial charge in [-0.1, -0.05) is 6.07 Å². The normalized spacial score (nSPS) is 22.2. The molecule has 104 valence electrons. The van der Waals surface area contributed by atoms with E-state index in [9.17, 15) is 0 Å². The summed E-state index contributed by atoms with van der Waals surface area (Å²) in [6.07, 6.45) is 0. The molecule has 1 aromatic rings. The van der Waals surface area contributed by atoms with Crippen LogP contribution in [0.2, 0.25) is 0 Å². The van der Waals surface area contributed by atoms with Gasteiger partial charge in [-0.25, -0.2) is 0 Å². The van der Waals surface area contributed by atoms with Gasteiger partial charge in [0.2, 0.25) is 6.79 Å². The van der Waals surface area contributed by atoms with Crippen LogP contribution >= 0.6 is 0 Å². The summed E-state index contributed by atoms with van der Waals surface area (Å²) in [7, 11) is 0. The third-order valence-corrected chi connectivity index (χ3v) is 3.68. The number of rotatable bonds is 3. The summed E-state index contributed by atoms with van der Waals surface area (Å²) in [4.78, 5) is 2.38. The van der Waals surface area contributed by atoms with Crippen molar-refractivity contribution in [2.45, 2.75) is 19.0 Å². The first kappa shape index (κ1) is 12.7. The van der Waals surface area contributed by atoms with Crippen LogP contribution in [0, 0.1) is 0 Å². The molecule has 0 amide bonds. The van der Waals surface area contributed by atoms with Gasteiger partial charge in [0, 0.05) is 25.2 Å². The summed E-state index contributed by atoms with van der Waals surface area (Å²) in [5, 5.41) is 0. The molecule has 2 unspecified atom stereocenters. The maximum absolute atomic E-state index is 6.19. The number of benzene rings is 1.